The number of hydrogen-bond acceptors (Lipinski definition) is 3. The molecular formula is C14H23ClN4O2. The highest BCUT2D eigenvalue weighted by atomic mass is 35.5. The predicted octanol–water partition coefficient (Wildman–Crippen LogP) is 0.896. The van der Waals surface area contributed by atoms with E-state index in [1.54, 1.807) is 12.3 Å². The summed E-state index contributed by atoms with van der Waals surface area (Å²) in [5.74, 6) is -0.0434. The van der Waals surface area contributed by atoms with Gasteiger partial charge in [-0.2, -0.15) is 0 Å². The molecule has 1 saturated heterocycles. The van der Waals surface area contributed by atoms with E-state index in [0.717, 1.165) is 25.8 Å². The van der Waals surface area contributed by atoms with Crippen LogP contribution in [0.5, 0.6) is 0 Å². The van der Waals surface area contributed by atoms with Crippen LogP contribution in [0, 0.1) is 0 Å². The Morgan fingerprint density at radius 1 is 1.43 bits per heavy atom. The number of likely N-dealkylation sites (tertiary alicyclic amines) is 1. The van der Waals surface area contributed by atoms with Gasteiger partial charge in [-0.3, -0.25) is 9.59 Å². The van der Waals surface area contributed by atoms with Gasteiger partial charge >= 0.3 is 0 Å². The lowest BCUT2D eigenvalue weighted by Crippen LogP contribution is -2.49. The Balaban J connectivity index is 0.00000220. The van der Waals surface area contributed by atoms with Crippen molar-refractivity contribution in [2.45, 2.75) is 31.7 Å². The summed E-state index contributed by atoms with van der Waals surface area (Å²) in [6.45, 7) is 1.60. The molecule has 21 heavy (non-hydrogen) atoms. The van der Waals surface area contributed by atoms with E-state index in [0.29, 0.717) is 25.2 Å². The minimum absolute atomic E-state index is 0. The average Bonchev–Trinajstić information content (AvgIpc) is 2.99. The van der Waals surface area contributed by atoms with Crippen molar-refractivity contribution in [3.05, 3.63) is 24.0 Å². The highest BCUT2D eigenvalue weighted by Crippen LogP contribution is 2.18. The van der Waals surface area contributed by atoms with Crippen LogP contribution >= 0.6 is 12.4 Å². The molecule has 1 fully saturated rings. The molecule has 118 valence electrons. The minimum Gasteiger partial charge on any atom is -0.357 e. The van der Waals surface area contributed by atoms with Crippen molar-refractivity contribution in [3.63, 3.8) is 0 Å². The lowest BCUT2D eigenvalue weighted by molar-refractivity contribution is -0.121. The fraction of sp³-hybridized carbons (Fsp3) is 0.571. The van der Waals surface area contributed by atoms with Crippen LogP contribution in [0.1, 0.15) is 36.2 Å². The zero-order valence-corrected chi connectivity index (χ0v) is 12.8. The lowest BCUT2D eigenvalue weighted by atomic mass is 10.0. The van der Waals surface area contributed by atoms with E-state index >= 15 is 0 Å². The maximum Gasteiger partial charge on any atom is 0.270 e. The second-order valence-electron chi connectivity index (χ2n) is 5.07. The molecule has 0 bridgehead atoms. The van der Waals surface area contributed by atoms with E-state index < -0.39 is 0 Å². The van der Waals surface area contributed by atoms with Gasteiger partial charge in [0.15, 0.2) is 0 Å². The van der Waals surface area contributed by atoms with Crippen LogP contribution in [0.3, 0.4) is 0 Å². The number of nitrogens with zero attached hydrogens (tertiary/aromatic N) is 1. The van der Waals surface area contributed by atoms with Gasteiger partial charge in [0.05, 0.1) is 0 Å². The molecule has 1 aliphatic heterocycles. The normalized spacial score (nSPS) is 18.0. The Hall–Kier alpha value is -1.53. The molecule has 2 heterocycles. The van der Waals surface area contributed by atoms with Gasteiger partial charge in [0.1, 0.15) is 5.69 Å². The first-order chi connectivity index (χ1) is 9.72. The molecular weight excluding hydrogens is 292 g/mol. The molecule has 0 aliphatic carbocycles. The van der Waals surface area contributed by atoms with Gasteiger partial charge in [-0.05, 0) is 31.4 Å². The monoisotopic (exact) mass is 314 g/mol. The van der Waals surface area contributed by atoms with E-state index in [4.69, 9.17) is 5.73 Å². The quantitative estimate of drug-likeness (QED) is 0.754. The van der Waals surface area contributed by atoms with E-state index in [2.05, 4.69) is 10.3 Å². The predicted molar refractivity (Wildman–Crippen MR) is 83.4 cm³/mol. The summed E-state index contributed by atoms with van der Waals surface area (Å²) in [4.78, 5) is 28.7. The van der Waals surface area contributed by atoms with Gasteiger partial charge < -0.3 is 20.9 Å². The van der Waals surface area contributed by atoms with E-state index in [1.165, 1.54) is 0 Å². The summed E-state index contributed by atoms with van der Waals surface area (Å²) in [7, 11) is 0. The first-order valence-electron chi connectivity index (χ1n) is 7.13. The minimum atomic E-state index is -0.0506. The maximum atomic E-state index is 12.4. The van der Waals surface area contributed by atoms with Crippen molar-refractivity contribution in [1.29, 1.82) is 0 Å². The number of nitrogens with one attached hydrogen (secondary N) is 2. The SMILES string of the molecule is Cl.NCCC(=O)NCC1CCCCN1C(=O)c1ccc[nH]1. The first-order valence-corrected chi connectivity index (χ1v) is 7.13. The van der Waals surface area contributed by atoms with Gasteiger partial charge in [-0.1, -0.05) is 0 Å². The van der Waals surface area contributed by atoms with Crippen molar-refractivity contribution >= 4 is 24.2 Å². The van der Waals surface area contributed by atoms with Crippen LogP contribution < -0.4 is 11.1 Å². The molecule has 0 radical (unpaired) electrons. The van der Waals surface area contributed by atoms with Crippen molar-refractivity contribution in [2.24, 2.45) is 5.73 Å². The third kappa shape index (κ3) is 4.75. The van der Waals surface area contributed by atoms with Gasteiger partial charge in [0.2, 0.25) is 5.91 Å². The van der Waals surface area contributed by atoms with Crippen LogP contribution in [-0.2, 0) is 4.79 Å². The molecule has 0 spiro atoms. The summed E-state index contributed by atoms with van der Waals surface area (Å²) >= 11 is 0. The van der Waals surface area contributed by atoms with E-state index in [9.17, 15) is 9.59 Å². The molecule has 1 aliphatic rings. The number of piperidine rings is 1. The fourth-order valence-electron chi connectivity index (χ4n) is 2.55. The zero-order valence-electron chi connectivity index (χ0n) is 12.0. The molecule has 1 aromatic heterocycles. The van der Waals surface area contributed by atoms with Crippen LogP contribution in [0.25, 0.3) is 0 Å². The number of nitrogens with two attached hydrogens (primary N) is 1. The third-order valence-electron chi connectivity index (χ3n) is 3.62. The third-order valence-corrected chi connectivity index (χ3v) is 3.62. The van der Waals surface area contributed by atoms with Crippen molar-refractivity contribution in [3.8, 4) is 0 Å². The standard InChI is InChI=1S/C14H22N4O2.ClH/c15-7-6-13(19)17-10-11-4-1-2-9-18(11)14(20)12-5-3-8-16-12;/h3,5,8,11,16H,1-2,4,6-7,9-10,15H2,(H,17,19);1H. The Kier molecular flexibility index (Phi) is 7.25. The Labute approximate surface area is 130 Å². The molecule has 1 unspecified atom stereocenters. The maximum absolute atomic E-state index is 12.4. The Morgan fingerprint density at radius 3 is 2.90 bits per heavy atom. The number of hydrogen-bond donors (Lipinski definition) is 3. The lowest BCUT2D eigenvalue weighted by Gasteiger charge is -2.35. The molecule has 1 aromatic rings. The highest BCUT2D eigenvalue weighted by molar-refractivity contribution is 5.92. The summed E-state index contributed by atoms with van der Waals surface area (Å²) in [6.07, 6.45) is 5.10. The van der Waals surface area contributed by atoms with Gasteiger partial charge in [-0.15, -0.1) is 12.4 Å². The van der Waals surface area contributed by atoms with E-state index in [-0.39, 0.29) is 30.3 Å². The average molecular weight is 315 g/mol. The summed E-state index contributed by atoms with van der Waals surface area (Å²) in [5.41, 5.74) is 5.95. The first kappa shape index (κ1) is 17.5. The van der Waals surface area contributed by atoms with E-state index in [1.807, 2.05) is 11.0 Å². The molecule has 1 atom stereocenters. The largest absolute Gasteiger partial charge is 0.357 e. The number of H-pyrrole nitrogens is 1. The van der Waals surface area contributed by atoms with Gasteiger partial charge in [0, 0.05) is 38.3 Å². The number of aromatic amines is 1. The second kappa shape index (κ2) is 8.69. The Bertz CT molecular complexity index is 450. The molecule has 2 rings (SSSR count). The highest BCUT2D eigenvalue weighted by Gasteiger charge is 2.27. The molecule has 6 nitrogen and oxygen atoms in total. The summed E-state index contributed by atoms with van der Waals surface area (Å²) < 4.78 is 0. The van der Waals surface area contributed by atoms with Crippen LogP contribution in [0.2, 0.25) is 0 Å². The van der Waals surface area contributed by atoms with Crippen LogP contribution in [0.15, 0.2) is 18.3 Å². The topological polar surface area (TPSA) is 91.2 Å². The number of carbonyl (C=O) groups is 2. The van der Waals surface area contributed by atoms with Crippen molar-refractivity contribution < 1.29 is 9.59 Å². The van der Waals surface area contributed by atoms with Gasteiger partial charge in [0.25, 0.3) is 5.91 Å². The van der Waals surface area contributed by atoms with Crippen LogP contribution in [-0.4, -0.2) is 47.4 Å². The number of amides is 2. The summed E-state index contributed by atoms with van der Waals surface area (Å²) in [5, 5.41) is 2.86. The molecule has 7 heteroatoms. The van der Waals surface area contributed by atoms with Crippen molar-refractivity contribution in [1.82, 2.24) is 15.2 Å². The number of halogens is 1. The molecule has 2 amide bonds. The molecule has 0 aromatic carbocycles. The zero-order chi connectivity index (χ0) is 14.4. The fourth-order valence-corrected chi connectivity index (χ4v) is 2.55. The molecule has 0 saturated carbocycles. The summed E-state index contributed by atoms with van der Waals surface area (Å²) in [6, 6.07) is 3.66. The Morgan fingerprint density at radius 2 is 2.24 bits per heavy atom. The second-order valence-corrected chi connectivity index (χ2v) is 5.07. The number of aromatic nitrogens is 1. The number of rotatable bonds is 5. The van der Waals surface area contributed by atoms with Gasteiger partial charge in [-0.25, -0.2) is 0 Å². The smallest absolute Gasteiger partial charge is 0.270 e. The van der Waals surface area contributed by atoms with Crippen molar-refractivity contribution in [2.75, 3.05) is 19.6 Å². The number of carbonyl (C=O) groups excluding carboxylic acids is 2. The van der Waals surface area contributed by atoms with Crippen LogP contribution in [0.4, 0.5) is 0 Å². The molecule has 4 N–H and O–H groups in total.